The second-order valence-electron chi connectivity index (χ2n) is 9.70. The highest BCUT2D eigenvalue weighted by molar-refractivity contribution is 7.98. The molecule has 2 rings (SSSR count). The molecule has 15 heteroatoms. The second kappa shape index (κ2) is 18.2. The van der Waals surface area contributed by atoms with Crippen molar-refractivity contribution >= 4 is 64.1 Å². The van der Waals surface area contributed by atoms with Crippen LogP contribution in [0.5, 0.6) is 0 Å². The molecule has 0 spiro atoms. The van der Waals surface area contributed by atoms with Gasteiger partial charge in [-0.2, -0.15) is 23.5 Å². The van der Waals surface area contributed by atoms with Crippen LogP contribution in [0.1, 0.15) is 31.2 Å². The van der Waals surface area contributed by atoms with Gasteiger partial charge in [-0.25, -0.2) is 4.79 Å². The largest absolute Gasteiger partial charge is 0.480 e. The average Bonchev–Trinajstić information content (AvgIpc) is 3.37. The molecule has 0 aliphatic carbocycles. The molecule has 4 unspecified atom stereocenters. The zero-order chi connectivity index (χ0) is 31.1. The number of nitrogens with zero attached hydrogens (tertiary/aromatic N) is 1. The summed E-state index contributed by atoms with van der Waals surface area (Å²) >= 11 is 2.97. The number of hydrogen-bond acceptors (Lipinski definition) is 8. The van der Waals surface area contributed by atoms with Gasteiger partial charge in [-0.3, -0.25) is 19.4 Å². The molecular weight excluding hydrogens is 580 g/mol. The molecule has 0 saturated heterocycles. The van der Waals surface area contributed by atoms with Crippen molar-refractivity contribution in [1.82, 2.24) is 20.9 Å². The van der Waals surface area contributed by atoms with Gasteiger partial charge in [-0.05, 0) is 61.3 Å². The maximum Gasteiger partial charge on any atom is 0.326 e. The fraction of sp³-hybridized carbons (Fsp3) is 0.519. The number of carbonyl (C=O) groups is 4. The first kappa shape index (κ1) is 34.8. The molecule has 42 heavy (non-hydrogen) atoms. The smallest absolute Gasteiger partial charge is 0.326 e. The molecule has 232 valence electrons. The molecule has 0 fully saturated rings. The summed E-state index contributed by atoms with van der Waals surface area (Å²) in [4.78, 5) is 58.6. The minimum Gasteiger partial charge on any atom is -0.480 e. The van der Waals surface area contributed by atoms with Gasteiger partial charge in [0, 0.05) is 30.1 Å². The van der Waals surface area contributed by atoms with E-state index in [4.69, 9.17) is 17.2 Å². The number of carbonyl (C=O) groups excluding carboxylic acids is 3. The monoisotopic (exact) mass is 622 g/mol. The van der Waals surface area contributed by atoms with Gasteiger partial charge in [0.1, 0.15) is 18.1 Å². The lowest BCUT2D eigenvalue weighted by molar-refractivity contribution is -0.142. The minimum atomic E-state index is -1.16. The third kappa shape index (κ3) is 11.4. The van der Waals surface area contributed by atoms with Crippen LogP contribution in [0.2, 0.25) is 0 Å². The van der Waals surface area contributed by atoms with Crippen LogP contribution in [0.3, 0.4) is 0 Å². The Morgan fingerprint density at radius 2 is 1.50 bits per heavy atom. The van der Waals surface area contributed by atoms with Gasteiger partial charge in [0.25, 0.3) is 0 Å². The Kier molecular flexibility index (Phi) is 15.1. The number of thioether (sulfide) groups is 2. The van der Waals surface area contributed by atoms with E-state index < -0.39 is 47.9 Å². The zero-order valence-corrected chi connectivity index (χ0v) is 25.6. The van der Waals surface area contributed by atoms with E-state index in [0.29, 0.717) is 37.3 Å². The summed E-state index contributed by atoms with van der Waals surface area (Å²) in [5.74, 6) is -1.82. The number of guanidine groups is 1. The van der Waals surface area contributed by atoms with Crippen LogP contribution in [0, 0.1) is 0 Å². The van der Waals surface area contributed by atoms with Crippen LogP contribution in [0.4, 0.5) is 0 Å². The maximum absolute atomic E-state index is 13.5. The van der Waals surface area contributed by atoms with E-state index >= 15 is 0 Å². The van der Waals surface area contributed by atoms with Gasteiger partial charge >= 0.3 is 5.97 Å². The number of hydrogen-bond donors (Lipinski definition) is 8. The first-order chi connectivity index (χ1) is 20.1. The van der Waals surface area contributed by atoms with E-state index in [1.807, 2.05) is 36.8 Å². The zero-order valence-electron chi connectivity index (χ0n) is 23.9. The molecule has 2 aromatic rings. The van der Waals surface area contributed by atoms with E-state index in [1.54, 1.807) is 6.20 Å². The van der Waals surface area contributed by atoms with Gasteiger partial charge in [0.15, 0.2) is 5.96 Å². The number of aromatic nitrogens is 1. The van der Waals surface area contributed by atoms with Crippen LogP contribution in [0.25, 0.3) is 10.9 Å². The Morgan fingerprint density at radius 3 is 2.14 bits per heavy atom. The Labute approximate surface area is 254 Å². The molecule has 3 amide bonds. The molecule has 0 aliphatic heterocycles. The van der Waals surface area contributed by atoms with Crippen LogP contribution in [0.15, 0.2) is 35.5 Å². The Morgan fingerprint density at radius 1 is 0.905 bits per heavy atom. The fourth-order valence-corrected chi connectivity index (χ4v) is 5.14. The predicted molar refractivity (Wildman–Crippen MR) is 169 cm³/mol. The quantitative estimate of drug-likeness (QED) is 0.0600. The number of carboxylic acid groups (broad SMARTS) is 1. The average molecular weight is 623 g/mol. The Balaban J connectivity index is 2.23. The molecule has 13 nitrogen and oxygen atoms in total. The van der Waals surface area contributed by atoms with Gasteiger partial charge in [-0.1, -0.05) is 18.2 Å². The highest BCUT2D eigenvalue weighted by Crippen LogP contribution is 2.19. The number of para-hydroxylation sites is 1. The molecule has 1 aromatic heterocycles. The highest BCUT2D eigenvalue weighted by atomic mass is 32.2. The van der Waals surface area contributed by atoms with Gasteiger partial charge < -0.3 is 43.2 Å². The van der Waals surface area contributed by atoms with Crippen LogP contribution >= 0.6 is 23.5 Å². The number of rotatable bonds is 19. The first-order valence-electron chi connectivity index (χ1n) is 13.5. The van der Waals surface area contributed by atoms with Crippen molar-refractivity contribution in [2.45, 2.75) is 56.3 Å². The summed E-state index contributed by atoms with van der Waals surface area (Å²) in [7, 11) is 0. The lowest BCUT2D eigenvalue weighted by Crippen LogP contribution is -2.57. The summed E-state index contributed by atoms with van der Waals surface area (Å²) < 4.78 is 0. The van der Waals surface area contributed by atoms with Gasteiger partial charge in [0.05, 0.1) is 6.04 Å². The highest BCUT2D eigenvalue weighted by Gasteiger charge is 2.30. The number of fused-ring (bicyclic) bond motifs is 1. The number of carboxylic acids is 1. The van der Waals surface area contributed by atoms with Crippen molar-refractivity contribution in [2.75, 3.05) is 30.6 Å². The number of aliphatic imine (C=N–C) groups is 1. The SMILES string of the molecule is CSCCC(NC(=O)C(Cc1c[nH]c2ccccc12)NC(=O)C(CCSC)NC(=O)C(N)CCCN=C(N)N)C(=O)O. The molecular formula is C27H42N8O5S2. The van der Waals surface area contributed by atoms with E-state index in [0.717, 1.165) is 16.5 Å². The number of benzene rings is 1. The normalized spacial score (nSPS) is 13.9. The van der Waals surface area contributed by atoms with Crippen LogP contribution < -0.4 is 33.2 Å². The van der Waals surface area contributed by atoms with Crippen molar-refractivity contribution < 1.29 is 24.3 Å². The first-order valence-corrected chi connectivity index (χ1v) is 16.3. The summed E-state index contributed by atoms with van der Waals surface area (Å²) in [5, 5.41) is 18.6. The van der Waals surface area contributed by atoms with Gasteiger partial charge in [-0.15, -0.1) is 0 Å². The van der Waals surface area contributed by atoms with E-state index in [1.165, 1.54) is 23.5 Å². The van der Waals surface area contributed by atoms with Crippen molar-refractivity contribution in [3.8, 4) is 0 Å². The van der Waals surface area contributed by atoms with Gasteiger partial charge in [0.2, 0.25) is 17.7 Å². The third-order valence-corrected chi connectivity index (χ3v) is 7.79. The van der Waals surface area contributed by atoms with E-state index in [2.05, 4.69) is 25.9 Å². The summed E-state index contributed by atoms with van der Waals surface area (Å²) in [6, 6.07) is 3.47. The topological polar surface area (TPSA) is 231 Å². The second-order valence-corrected chi connectivity index (χ2v) is 11.7. The summed E-state index contributed by atoms with van der Waals surface area (Å²) in [6.07, 6.45) is 6.88. The summed E-state index contributed by atoms with van der Waals surface area (Å²) in [6.45, 7) is 0.318. The minimum absolute atomic E-state index is 0.0491. The van der Waals surface area contributed by atoms with Crippen molar-refractivity contribution in [3.63, 3.8) is 0 Å². The molecule has 11 N–H and O–H groups in total. The molecule has 0 bridgehead atoms. The number of amides is 3. The number of aliphatic carboxylic acids is 1. The van der Waals surface area contributed by atoms with E-state index in [9.17, 15) is 24.3 Å². The molecule has 1 heterocycles. The van der Waals surface area contributed by atoms with Crippen molar-refractivity contribution in [1.29, 1.82) is 0 Å². The fourth-order valence-electron chi connectivity index (χ4n) is 4.20. The molecule has 4 atom stereocenters. The molecule has 0 radical (unpaired) electrons. The number of H-pyrrole nitrogens is 1. The van der Waals surface area contributed by atoms with Crippen molar-refractivity contribution in [2.24, 2.45) is 22.2 Å². The molecule has 0 aliphatic rings. The van der Waals surface area contributed by atoms with Crippen molar-refractivity contribution in [3.05, 3.63) is 36.0 Å². The summed E-state index contributed by atoms with van der Waals surface area (Å²) in [5.41, 5.74) is 18.3. The Hall–Kier alpha value is -3.43. The number of aromatic amines is 1. The molecule has 1 aromatic carbocycles. The molecule has 0 saturated carbocycles. The number of nitrogens with two attached hydrogens (primary N) is 3. The lowest BCUT2D eigenvalue weighted by atomic mass is 10.0. The maximum atomic E-state index is 13.5. The predicted octanol–water partition coefficient (Wildman–Crippen LogP) is 0.137. The Bertz CT molecular complexity index is 1220. The lowest BCUT2D eigenvalue weighted by Gasteiger charge is -2.25. The number of nitrogens with one attached hydrogen (secondary N) is 4. The standard InChI is InChI=1S/C27H42N8O5S2/c1-41-12-9-20(33-23(36)18(28)7-5-11-31-27(29)30)24(37)35-22(25(38)34-21(26(39)40)10-13-42-2)14-16-15-32-19-8-4-3-6-17(16)19/h3-4,6,8,15,18,20-22,32H,5,7,9-14,28H2,1-2H3,(H,33,36)(H,34,38)(H,35,37)(H,39,40)(H4,29,30,31). The third-order valence-electron chi connectivity index (χ3n) is 6.51. The van der Waals surface area contributed by atoms with E-state index in [-0.39, 0.29) is 18.8 Å². The van der Waals surface area contributed by atoms with Crippen LogP contribution in [-0.4, -0.2) is 94.5 Å². The van der Waals surface area contributed by atoms with Crippen LogP contribution in [-0.2, 0) is 25.6 Å².